The molecule has 2 rings (SSSR count). The zero-order valence-electron chi connectivity index (χ0n) is 6.84. The van der Waals surface area contributed by atoms with Crippen molar-refractivity contribution in [3.63, 3.8) is 0 Å². The van der Waals surface area contributed by atoms with Crippen molar-refractivity contribution in [1.82, 2.24) is 0 Å². The van der Waals surface area contributed by atoms with Gasteiger partial charge in [0.1, 0.15) is 0 Å². The Hall–Kier alpha value is -1.26. The highest BCUT2D eigenvalue weighted by Gasteiger charge is 2.08. The first-order chi connectivity index (χ1) is 5.90. The molecule has 1 heterocycles. The summed E-state index contributed by atoms with van der Waals surface area (Å²) in [6, 6.07) is 6.13. The van der Waals surface area contributed by atoms with Crippen molar-refractivity contribution in [2.24, 2.45) is 0 Å². The Morgan fingerprint density at radius 3 is 3.08 bits per heavy atom. The monoisotopic (exact) mass is 158 g/mol. The fraction of sp³-hybridized carbons (Fsp3) is 0.273. The van der Waals surface area contributed by atoms with Gasteiger partial charge in [-0.15, -0.1) is 6.42 Å². The molecule has 0 fully saturated rings. The number of terminal acetylenes is 1. The molecule has 0 unspecified atom stereocenters. The highest BCUT2D eigenvalue weighted by molar-refractivity contribution is 5.40. The lowest BCUT2D eigenvalue weighted by Crippen LogP contribution is -2.09. The summed E-state index contributed by atoms with van der Waals surface area (Å²) in [5.41, 5.74) is 3.57. The van der Waals surface area contributed by atoms with Crippen molar-refractivity contribution in [3.8, 4) is 12.3 Å². The van der Waals surface area contributed by atoms with E-state index in [2.05, 4.69) is 12.0 Å². The van der Waals surface area contributed by atoms with E-state index in [1.807, 2.05) is 12.1 Å². The molecule has 60 valence electrons. The van der Waals surface area contributed by atoms with Crippen LogP contribution in [0.2, 0.25) is 0 Å². The molecule has 0 bridgehead atoms. The Morgan fingerprint density at radius 2 is 2.25 bits per heavy atom. The molecule has 1 aliphatic rings. The molecule has 0 aromatic heterocycles. The van der Waals surface area contributed by atoms with Crippen LogP contribution in [0.15, 0.2) is 18.2 Å². The topological polar surface area (TPSA) is 9.23 Å². The van der Waals surface area contributed by atoms with Crippen LogP contribution < -0.4 is 0 Å². The molecular weight excluding hydrogens is 148 g/mol. The van der Waals surface area contributed by atoms with E-state index in [4.69, 9.17) is 11.2 Å². The van der Waals surface area contributed by atoms with Crippen molar-refractivity contribution in [1.29, 1.82) is 0 Å². The van der Waals surface area contributed by atoms with E-state index in [1.54, 1.807) is 0 Å². The number of rotatable bonds is 0. The van der Waals surface area contributed by atoms with E-state index in [0.717, 1.165) is 18.6 Å². The van der Waals surface area contributed by atoms with Crippen LogP contribution in [0.1, 0.15) is 16.7 Å². The molecule has 0 saturated heterocycles. The first-order valence-corrected chi connectivity index (χ1v) is 4.06. The van der Waals surface area contributed by atoms with E-state index in [1.165, 1.54) is 11.1 Å². The zero-order chi connectivity index (χ0) is 8.39. The third-order valence-electron chi connectivity index (χ3n) is 2.15. The van der Waals surface area contributed by atoms with Gasteiger partial charge < -0.3 is 4.74 Å². The Morgan fingerprint density at radius 1 is 1.33 bits per heavy atom. The average Bonchev–Trinajstić information content (AvgIpc) is 2.17. The molecule has 1 aliphatic heterocycles. The van der Waals surface area contributed by atoms with Gasteiger partial charge in [-0.25, -0.2) is 0 Å². The van der Waals surface area contributed by atoms with Gasteiger partial charge in [-0.05, 0) is 29.7 Å². The van der Waals surface area contributed by atoms with E-state index in [0.29, 0.717) is 6.61 Å². The van der Waals surface area contributed by atoms with Crippen LogP contribution in [-0.2, 0) is 17.8 Å². The van der Waals surface area contributed by atoms with Gasteiger partial charge in [0.2, 0.25) is 0 Å². The minimum Gasteiger partial charge on any atom is -0.376 e. The number of benzene rings is 1. The minimum absolute atomic E-state index is 0.713. The number of hydrogen-bond acceptors (Lipinski definition) is 1. The van der Waals surface area contributed by atoms with Gasteiger partial charge in [0.15, 0.2) is 0 Å². The Balaban J connectivity index is 2.44. The van der Waals surface area contributed by atoms with E-state index < -0.39 is 0 Å². The molecule has 0 amide bonds. The van der Waals surface area contributed by atoms with Gasteiger partial charge in [-0.3, -0.25) is 0 Å². The zero-order valence-corrected chi connectivity index (χ0v) is 6.84. The van der Waals surface area contributed by atoms with Gasteiger partial charge in [0, 0.05) is 5.56 Å². The second kappa shape index (κ2) is 3.00. The molecular formula is C11H10O. The summed E-state index contributed by atoms with van der Waals surface area (Å²) < 4.78 is 5.33. The number of ether oxygens (including phenoxy) is 1. The normalized spacial score (nSPS) is 14.9. The molecule has 0 radical (unpaired) electrons. The third-order valence-corrected chi connectivity index (χ3v) is 2.15. The summed E-state index contributed by atoms with van der Waals surface area (Å²) in [7, 11) is 0. The van der Waals surface area contributed by atoms with Gasteiger partial charge in [-0.1, -0.05) is 12.0 Å². The summed E-state index contributed by atoms with van der Waals surface area (Å²) >= 11 is 0. The van der Waals surface area contributed by atoms with E-state index in [-0.39, 0.29) is 0 Å². The van der Waals surface area contributed by atoms with Crippen LogP contribution in [0.5, 0.6) is 0 Å². The molecule has 0 aliphatic carbocycles. The number of hydrogen-bond donors (Lipinski definition) is 0. The van der Waals surface area contributed by atoms with Crippen LogP contribution >= 0.6 is 0 Å². The summed E-state index contributed by atoms with van der Waals surface area (Å²) in [6.07, 6.45) is 6.31. The van der Waals surface area contributed by atoms with Crippen molar-refractivity contribution >= 4 is 0 Å². The van der Waals surface area contributed by atoms with Crippen LogP contribution in [0.4, 0.5) is 0 Å². The van der Waals surface area contributed by atoms with Crippen LogP contribution in [0.3, 0.4) is 0 Å². The summed E-state index contributed by atoms with van der Waals surface area (Å²) in [5, 5.41) is 0. The Bertz CT molecular complexity index is 333. The highest BCUT2D eigenvalue weighted by atomic mass is 16.5. The summed E-state index contributed by atoms with van der Waals surface area (Å²) in [6.45, 7) is 1.55. The predicted molar refractivity (Wildman–Crippen MR) is 47.7 cm³/mol. The lowest BCUT2D eigenvalue weighted by molar-refractivity contribution is 0.111. The lowest BCUT2D eigenvalue weighted by atomic mass is 10.0. The third kappa shape index (κ3) is 1.22. The molecule has 0 spiro atoms. The molecule has 1 aromatic carbocycles. The van der Waals surface area contributed by atoms with Crippen molar-refractivity contribution in [2.45, 2.75) is 13.0 Å². The number of fused-ring (bicyclic) bond motifs is 1. The minimum atomic E-state index is 0.713. The van der Waals surface area contributed by atoms with Gasteiger partial charge in [0.25, 0.3) is 0 Å². The second-order valence-corrected chi connectivity index (χ2v) is 2.93. The first-order valence-electron chi connectivity index (χ1n) is 4.06. The van der Waals surface area contributed by atoms with Crippen LogP contribution in [0, 0.1) is 12.3 Å². The predicted octanol–water partition coefficient (Wildman–Crippen LogP) is 1.74. The summed E-state index contributed by atoms with van der Waals surface area (Å²) in [4.78, 5) is 0. The van der Waals surface area contributed by atoms with Crippen molar-refractivity contribution < 1.29 is 4.74 Å². The molecule has 0 N–H and O–H groups in total. The average molecular weight is 158 g/mol. The lowest BCUT2D eigenvalue weighted by Gasteiger charge is -2.15. The maximum Gasteiger partial charge on any atom is 0.0720 e. The van der Waals surface area contributed by atoms with Crippen LogP contribution in [0.25, 0.3) is 0 Å². The molecule has 12 heavy (non-hydrogen) atoms. The van der Waals surface area contributed by atoms with E-state index >= 15 is 0 Å². The SMILES string of the molecule is C#Cc1ccc2c(c1)COCC2. The maximum atomic E-state index is 5.33. The Labute approximate surface area is 72.4 Å². The van der Waals surface area contributed by atoms with Gasteiger partial charge in [0.05, 0.1) is 13.2 Å². The van der Waals surface area contributed by atoms with Crippen LogP contribution in [-0.4, -0.2) is 6.61 Å². The fourth-order valence-electron chi connectivity index (χ4n) is 1.46. The second-order valence-electron chi connectivity index (χ2n) is 2.93. The fourth-order valence-corrected chi connectivity index (χ4v) is 1.46. The van der Waals surface area contributed by atoms with Gasteiger partial charge in [-0.2, -0.15) is 0 Å². The molecule has 1 aromatic rings. The van der Waals surface area contributed by atoms with Crippen molar-refractivity contribution in [2.75, 3.05) is 6.61 Å². The summed E-state index contributed by atoms with van der Waals surface area (Å²) in [5.74, 6) is 2.62. The molecule has 0 atom stereocenters. The van der Waals surface area contributed by atoms with E-state index in [9.17, 15) is 0 Å². The van der Waals surface area contributed by atoms with Crippen molar-refractivity contribution in [3.05, 3.63) is 34.9 Å². The molecule has 1 nitrogen and oxygen atoms in total. The maximum absolute atomic E-state index is 5.33. The molecule has 1 heteroatoms. The van der Waals surface area contributed by atoms with Gasteiger partial charge >= 0.3 is 0 Å². The smallest absolute Gasteiger partial charge is 0.0720 e. The highest BCUT2D eigenvalue weighted by Crippen LogP contribution is 2.17. The molecule has 0 saturated carbocycles. The standard InChI is InChI=1S/C11H10O/c1-2-9-3-4-10-5-6-12-8-11(10)7-9/h1,3-4,7H,5-6,8H2. The largest absolute Gasteiger partial charge is 0.376 e. The first kappa shape index (κ1) is 7.39. The quantitative estimate of drug-likeness (QED) is 0.522. The Kier molecular flexibility index (Phi) is 1.85.